The molecule has 0 atom stereocenters. The first kappa shape index (κ1) is 13.4. The van der Waals surface area contributed by atoms with Gasteiger partial charge < -0.3 is 15.0 Å². The van der Waals surface area contributed by atoms with Gasteiger partial charge in [0, 0.05) is 19.3 Å². The second kappa shape index (κ2) is 5.83. The third kappa shape index (κ3) is 2.81. The maximum absolute atomic E-state index is 12.4. The summed E-state index contributed by atoms with van der Waals surface area (Å²) in [5.41, 5.74) is 3.11. The summed E-state index contributed by atoms with van der Waals surface area (Å²) in [7, 11) is 1.54. The zero-order chi connectivity index (χ0) is 14.7. The maximum Gasteiger partial charge on any atom is 0.322 e. The molecular weight excluding hydrogens is 266 g/mol. The molecule has 2 heterocycles. The average Bonchev–Trinajstić information content (AvgIpc) is 2.55. The Labute approximate surface area is 123 Å². The summed E-state index contributed by atoms with van der Waals surface area (Å²) in [6, 6.07) is 11.6. The smallest absolute Gasteiger partial charge is 0.322 e. The zero-order valence-corrected chi connectivity index (χ0v) is 11.9. The van der Waals surface area contributed by atoms with E-state index in [0.717, 1.165) is 6.42 Å². The van der Waals surface area contributed by atoms with Crippen molar-refractivity contribution in [3.8, 4) is 5.88 Å². The summed E-state index contributed by atoms with van der Waals surface area (Å²) in [4.78, 5) is 18.3. The first-order valence-corrected chi connectivity index (χ1v) is 6.89. The van der Waals surface area contributed by atoms with Crippen LogP contribution in [-0.2, 0) is 13.0 Å². The molecule has 3 rings (SSSR count). The first-order chi connectivity index (χ1) is 10.3. The van der Waals surface area contributed by atoms with Crippen LogP contribution in [0.2, 0.25) is 0 Å². The number of benzene rings is 1. The molecule has 21 heavy (non-hydrogen) atoms. The van der Waals surface area contributed by atoms with E-state index < -0.39 is 0 Å². The van der Waals surface area contributed by atoms with Crippen molar-refractivity contribution in [2.24, 2.45) is 0 Å². The Kier molecular flexibility index (Phi) is 3.73. The van der Waals surface area contributed by atoms with Gasteiger partial charge >= 0.3 is 6.03 Å². The van der Waals surface area contributed by atoms with Crippen LogP contribution in [-0.4, -0.2) is 29.6 Å². The molecule has 1 N–H and O–H groups in total. The number of nitrogens with one attached hydrogen (secondary N) is 1. The minimum Gasteiger partial charge on any atom is -0.480 e. The highest BCUT2D eigenvalue weighted by Crippen LogP contribution is 2.22. The number of amides is 2. The number of fused-ring (bicyclic) bond motifs is 1. The fourth-order valence-electron chi connectivity index (χ4n) is 2.51. The SMILES string of the molecule is COc1ncccc1NC(=O)N1CCc2ccccc2C1. The predicted molar refractivity (Wildman–Crippen MR) is 80.4 cm³/mol. The van der Waals surface area contributed by atoms with Gasteiger partial charge in [-0.2, -0.15) is 0 Å². The fourth-order valence-corrected chi connectivity index (χ4v) is 2.51. The van der Waals surface area contributed by atoms with E-state index in [9.17, 15) is 4.79 Å². The number of methoxy groups -OCH3 is 1. The molecule has 1 aliphatic heterocycles. The van der Waals surface area contributed by atoms with E-state index >= 15 is 0 Å². The van der Waals surface area contributed by atoms with E-state index in [1.807, 2.05) is 12.1 Å². The Hall–Kier alpha value is -2.56. The van der Waals surface area contributed by atoms with Crippen LogP contribution >= 0.6 is 0 Å². The van der Waals surface area contributed by atoms with Crippen LogP contribution in [0.15, 0.2) is 42.6 Å². The molecule has 0 unspecified atom stereocenters. The van der Waals surface area contributed by atoms with Gasteiger partial charge in [-0.1, -0.05) is 24.3 Å². The lowest BCUT2D eigenvalue weighted by molar-refractivity contribution is 0.206. The normalized spacial score (nSPS) is 13.5. The quantitative estimate of drug-likeness (QED) is 0.922. The van der Waals surface area contributed by atoms with Crippen molar-refractivity contribution in [3.05, 3.63) is 53.7 Å². The van der Waals surface area contributed by atoms with Gasteiger partial charge in [0.05, 0.1) is 7.11 Å². The van der Waals surface area contributed by atoms with Crippen LogP contribution < -0.4 is 10.1 Å². The highest BCUT2D eigenvalue weighted by atomic mass is 16.5. The second-order valence-corrected chi connectivity index (χ2v) is 4.93. The van der Waals surface area contributed by atoms with Crippen LogP contribution in [0, 0.1) is 0 Å². The second-order valence-electron chi connectivity index (χ2n) is 4.93. The Balaban J connectivity index is 1.72. The molecule has 0 saturated heterocycles. The Morgan fingerprint density at radius 2 is 2.05 bits per heavy atom. The molecule has 1 aromatic carbocycles. The van der Waals surface area contributed by atoms with Crippen molar-refractivity contribution in [1.29, 1.82) is 0 Å². The molecule has 2 aromatic rings. The molecule has 0 bridgehead atoms. The lowest BCUT2D eigenvalue weighted by Crippen LogP contribution is -2.38. The van der Waals surface area contributed by atoms with E-state index in [4.69, 9.17) is 4.74 Å². The first-order valence-electron chi connectivity index (χ1n) is 6.89. The summed E-state index contributed by atoms with van der Waals surface area (Å²) in [5, 5.41) is 2.86. The van der Waals surface area contributed by atoms with Crippen molar-refractivity contribution in [1.82, 2.24) is 9.88 Å². The van der Waals surface area contributed by atoms with E-state index in [1.54, 1.807) is 23.2 Å². The van der Waals surface area contributed by atoms with Gasteiger partial charge in [0.1, 0.15) is 5.69 Å². The Bertz CT molecular complexity index is 657. The number of anilines is 1. The lowest BCUT2D eigenvalue weighted by atomic mass is 10.0. The number of rotatable bonds is 2. The minimum absolute atomic E-state index is 0.129. The minimum atomic E-state index is -0.129. The molecule has 0 aliphatic carbocycles. The van der Waals surface area contributed by atoms with Gasteiger partial charge in [0.25, 0.3) is 0 Å². The molecule has 0 fully saturated rings. The molecule has 1 aromatic heterocycles. The topological polar surface area (TPSA) is 54.5 Å². The van der Waals surface area contributed by atoms with Gasteiger partial charge in [0.2, 0.25) is 5.88 Å². The number of hydrogen-bond acceptors (Lipinski definition) is 3. The summed E-state index contributed by atoms with van der Waals surface area (Å²) in [5.74, 6) is 0.420. The number of nitrogens with zero attached hydrogens (tertiary/aromatic N) is 2. The van der Waals surface area contributed by atoms with Gasteiger partial charge in [0.15, 0.2) is 0 Å². The number of aromatic nitrogens is 1. The van der Waals surface area contributed by atoms with Crippen molar-refractivity contribution >= 4 is 11.7 Å². The van der Waals surface area contributed by atoms with Gasteiger partial charge in [-0.3, -0.25) is 0 Å². The summed E-state index contributed by atoms with van der Waals surface area (Å²) < 4.78 is 5.15. The number of ether oxygens (including phenoxy) is 1. The van der Waals surface area contributed by atoms with Gasteiger partial charge in [-0.05, 0) is 29.7 Å². The van der Waals surface area contributed by atoms with Crippen molar-refractivity contribution in [2.75, 3.05) is 19.0 Å². The van der Waals surface area contributed by atoms with Crippen molar-refractivity contribution in [2.45, 2.75) is 13.0 Å². The highest BCUT2D eigenvalue weighted by Gasteiger charge is 2.21. The molecule has 0 spiro atoms. The highest BCUT2D eigenvalue weighted by molar-refractivity contribution is 5.90. The fraction of sp³-hybridized carbons (Fsp3) is 0.250. The number of carbonyl (C=O) groups excluding carboxylic acids is 1. The third-order valence-corrected chi connectivity index (χ3v) is 3.62. The number of urea groups is 1. The molecule has 2 amide bonds. The van der Waals surface area contributed by atoms with E-state index in [0.29, 0.717) is 24.7 Å². The standard InChI is InChI=1S/C16H17N3O2/c1-21-15-14(7-4-9-17-15)18-16(20)19-10-8-12-5-2-3-6-13(12)11-19/h2-7,9H,8,10-11H2,1H3,(H,18,20). The van der Waals surface area contributed by atoms with E-state index in [-0.39, 0.29) is 6.03 Å². The van der Waals surface area contributed by atoms with Gasteiger partial charge in [-0.15, -0.1) is 0 Å². The summed E-state index contributed by atoms with van der Waals surface area (Å²) in [6.07, 6.45) is 2.51. The number of hydrogen-bond donors (Lipinski definition) is 1. The number of pyridine rings is 1. The summed E-state index contributed by atoms with van der Waals surface area (Å²) in [6.45, 7) is 1.34. The van der Waals surface area contributed by atoms with Gasteiger partial charge in [-0.25, -0.2) is 9.78 Å². The van der Waals surface area contributed by atoms with Crippen molar-refractivity contribution < 1.29 is 9.53 Å². The van der Waals surface area contributed by atoms with E-state index in [2.05, 4.69) is 22.4 Å². The molecule has 5 heteroatoms. The largest absolute Gasteiger partial charge is 0.480 e. The van der Waals surface area contributed by atoms with Crippen LogP contribution in [0.5, 0.6) is 5.88 Å². The van der Waals surface area contributed by atoms with Crippen LogP contribution in [0.3, 0.4) is 0 Å². The van der Waals surface area contributed by atoms with Crippen LogP contribution in [0.4, 0.5) is 10.5 Å². The molecule has 0 radical (unpaired) electrons. The molecule has 0 saturated carbocycles. The Morgan fingerprint density at radius 3 is 2.86 bits per heavy atom. The maximum atomic E-state index is 12.4. The van der Waals surface area contributed by atoms with Crippen molar-refractivity contribution in [3.63, 3.8) is 0 Å². The van der Waals surface area contributed by atoms with Crippen LogP contribution in [0.25, 0.3) is 0 Å². The van der Waals surface area contributed by atoms with Crippen LogP contribution in [0.1, 0.15) is 11.1 Å². The number of carbonyl (C=O) groups is 1. The predicted octanol–water partition coefficient (Wildman–Crippen LogP) is 2.68. The van der Waals surface area contributed by atoms with E-state index in [1.165, 1.54) is 18.2 Å². The zero-order valence-electron chi connectivity index (χ0n) is 11.9. The molecule has 108 valence electrons. The Morgan fingerprint density at radius 1 is 1.24 bits per heavy atom. The third-order valence-electron chi connectivity index (χ3n) is 3.62. The summed E-state index contributed by atoms with van der Waals surface area (Å²) >= 11 is 0. The molecule has 1 aliphatic rings. The average molecular weight is 283 g/mol. The lowest BCUT2D eigenvalue weighted by Gasteiger charge is -2.29. The molecule has 5 nitrogen and oxygen atoms in total. The monoisotopic (exact) mass is 283 g/mol. The molecular formula is C16H17N3O2.